The molecule has 4 nitrogen and oxygen atoms in total. The highest BCUT2D eigenvalue weighted by Crippen LogP contribution is 2.24. The molecule has 122 valence electrons. The van der Waals surface area contributed by atoms with Crippen LogP contribution in [0.25, 0.3) is 10.6 Å². The number of thiazole rings is 1. The molecule has 1 unspecified atom stereocenters. The van der Waals surface area contributed by atoms with Crippen molar-refractivity contribution in [1.29, 1.82) is 0 Å². The summed E-state index contributed by atoms with van der Waals surface area (Å²) in [7, 11) is 0. The van der Waals surface area contributed by atoms with E-state index in [1.165, 1.54) is 5.56 Å². The highest BCUT2D eigenvalue weighted by molar-refractivity contribution is 7.13. The molecule has 1 saturated heterocycles. The number of aromatic nitrogens is 1. The summed E-state index contributed by atoms with van der Waals surface area (Å²) in [5.74, 6) is -0.236. The van der Waals surface area contributed by atoms with E-state index in [1.807, 2.05) is 5.38 Å². The second-order valence-corrected chi connectivity index (χ2v) is 6.72. The summed E-state index contributed by atoms with van der Waals surface area (Å²) >= 11 is 1.55. The van der Waals surface area contributed by atoms with Crippen molar-refractivity contribution in [3.63, 3.8) is 0 Å². The molecule has 0 N–H and O–H groups in total. The maximum absolute atomic E-state index is 11.9. The normalized spacial score (nSPS) is 17.9. The number of ether oxygens (including phenoxy) is 2. The lowest BCUT2D eigenvalue weighted by Crippen LogP contribution is -2.26. The second-order valence-electron chi connectivity index (χ2n) is 5.86. The molecular formula is C18H21NO3S. The first-order chi connectivity index (χ1) is 11.2. The first-order valence-corrected chi connectivity index (χ1v) is 8.87. The Morgan fingerprint density at radius 2 is 2.17 bits per heavy atom. The van der Waals surface area contributed by atoms with Crippen LogP contribution in [-0.4, -0.2) is 30.3 Å². The van der Waals surface area contributed by atoms with Crippen LogP contribution >= 0.6 is 11.3 Å². The van der Waals surface area contributed by atoms with E-state index in [2.05, 4.69) is 36.2 Å². The van der Waals surface area contributed by atoms with Gasteiger partial charge in [0, 0.05) is 17.6 Å². The molecular weight excluding hydrogens is 310 g/mol. The van der Waals surface area contributed by atoms with Gasteiger partial charge in [-0.3, -0.25) is 4.79 Å². The summed E-state index contributed by atoms with van der Waals surface area (Å²) in [4.78, 5) is 16.5. The number of nitrogens with zero attached hydrogens (tertiary/aromatic N) is 1. The van der Waals surface area contributed by atoms with Gasteiger partial charge in [-0.2, -0.15) is 0 Å². The fraction of sp³-hybridized carbons (Fsp3) is 0.444. The number of esters is 1. The lowest BCUT2D eigenvalue weighted by Gasteiger charge is -2.21. The van der Waals surface area contributed by atoms with E-state index >= 15 is 0 Å². The van der Waals surface area contributed by atoms with E-state index in [9.17, 15) is 4.79 Å². The van der Waals surface area contributed by atoms with Crippen LogP contribution in [0.1, 0.15) is 30.5 Å². The zero-order valence-electron chi connectivity index (χ0n) is 13.3. The Kier molecular flexibility index (Phi) is 5.41. The standard InChI is InChI=1S/C18H21NO3S/c1-13-5-7-14(8-6-13)18-19-15(12-23-18)10-17(20)22-11-16-4-2-3-9-21-16/h5-8,12,16H,2-4,9-11H2,1H3. The minimum Gasteiger partial charge on any atom is -0.463 e. The van der Waals surface area contributed by atoms with Gasteiger partial charge in [-0.15, -0.1) is 11.3 Å². The number of hydrogen-bond donors (Lipinski definition) is 0. The first-order valence-electron chi connectivity index (χ1n) is 7.99. The number of rotatable bonds is 5. The van der Waals surface area contributed by atoms with Crippen molar-refractivity contribution in [1.82, 2.24) is 4.98 Å². The van der Waals surface area contributed by atoms with Crippen LogP contribution < -0.4 is 0 Å². The van der Waals surface area contributed by atoms with Crippen LogP contribution in [0.5, 0.6) is 0 Å². The Bertz CT molecular complexity index is 645. The molecule has 0 amide bonds. The van der Waals surface area contributed by atoms with Gasteiger partial charge in [0.2, 0.25) is 0 Å². The van der Waals surface area contributed by atoms with Crippen molar-refractivity contribution in [2.24, 2.45) is 0 Å². The quantitative estimate of drug-likeness (QED) is 0.783. The van der Waals surface area contributed by atoms with Gasteiger partial charge in [-0.1, -0.05) is 29.8 Å². The third-order valence-electron chi connectivity index (χ3n) is 3.88. The molecule has 0 saturated carbocycles. The predicted octanol–water partition coefficient (Wildman–Crippen LogP) is 3.77. The smallest absolute Gasteiger partial charge is 0.311 e. The van der Waals surface area contributed by atoms with Gasteiger partial charge in [0.25, 0.3) is 0 Å². The third-order valence-corrected chi connectivity index (χ3v) is 4.82. The van der Waals surface area contributed by atoms with Crippen LogP contribution in [0.15, 0.2) is 29.6 Å². The number of benzene rings is 1. The molecule has 1 aliphatic heterocycles. The highest BCUT2D eigenvalue weighted by Gasteiger charge is 2.17. The average molecular weight is 331 g/mol. The molecule has 5 heteroatoms. The minimum absolute atomic E-state index is 0.0613. The number of carbonyl (C=O) groups is 1. The van der Waals surface area contributed by atoms with Crippen molar-refractivity contribution in [3.8, 4) is 10.6 Å². The highest BCUT2D eigenvalue weighted by atomic mass is 32.1. The predicted molar refractivity (Wildman–Crippen MR) is 90.5 cm³/mol. The molecule has 1 atom stereocenters. The third kappa shape index (κ3) is 4.62. The van der Waals surface area contributed by atoms with Gasteiger partial charge in [0.1, 0.15) is 11.6 Å². The molecule has 1 aromatic heterocycles. The van der Waals surface area contributed by atoms with Crippen molar-refractivity contribution in [2.45, 2.75) is 38.7 Å². The largest absolute Gasteiger partial charge is 0.463 e. The maximum Gasteiger partial charge on any atom is 0.311 e. The SMILES string of the molecule is Cc1ccc(-c2nc(CC(=O)OCC3CCCCO3)cs2)cc1. The average Bonchev–Trinajstić information content (AvgIpc) is 3.03. The first kappa shape index (κ1) is 16.1. The monoisotopic (exact) mass is 331 g/mol. The second kappa shape index (κ2) is 7.70. The Morgan fingerprint density at radius 3 is 2.91 bits per heavy atom. The number of carbonyl (C=O) groups excluding carboxylic acids is 1. The van der Waals surface area contributed by atoms with Crippen LogP contribution in [0.3, 0.4) is 0 Å². The number of hydrogen-bond acceptors (Lipinski definition) is 5. The minimum atomic E-state index is -0.236. The van der Waals surface area contributed by atoms with Gasteiger partial charge in [0.05, 0.1) is 18.2 Å². The van der Waals surface area contributed by atoms with Crippen molar-refractivity contribution in [2.75, 3.05) is 13.2 Å². The Labute approximate surface area is 140 Å². The summed E-state index contributed by atoms with van der Waals surface area (Å²) in [6, 6.07) is 8.23. The summed E-state index contributed by atoms with van der Waals surface area (Å²) < 4.78 is 10.9. The fourth-order valence-corrected chi connectivity index (χ4v) is 3.37. The Balaban J connectivity index is 1.51. The molecule has 23 heavy (non-hydrogen) atoms. The van der Waals surface area contributed by atoms with E-state index < -0.39 is 0 Å². The molecule has 0 radical (unpaired) electrons. The lowest BCUT2D eigenvalue weighted by molar-refractivity contribution is -0.148. The Morgan fingerprint density at radius 1 is 1.35 bits per heavy atom. The van der Waals surface area contributed by atoms with Crippen molar-refractivity contribution < 1.29 is 14.3 Å². The lowest BCUT2D eigenvalue weighted by atomic mass is 10.1. The van der Waals surface area contributed by atoms with E-state index in [1.54, 1.807) is 11.3 Å². The molecule has 3 rings (SSSR count). The van der Waals surface area contributed by atoms with Gasteiger partial charge < -0.3 is 9.47 Å². The molecule has 1 aromatic carbocycles. The van der Waals surface area contributed by atoms with E-state index in [0.29, 0.717) is 6.61 Å². The van der Waals surface area contributed by atoms with Gasteiger partial charge in [0.15, 0.2) is 0 Å². The zero-order chi connectivity index (χ0) is 16.1. The molecule has 1 aliphatic rings. The van der Waals surface area contributed by atoms with Gasteiger partial charge >= 0.3 is 5.97 Å². The molecule has 0 aliphatic carbocycles. The van der Waals surface area contributed by atoms with Crippen LogP contribution in [-0.2, 0) is 20.7 Å². The van der Waals surface area contributed by atoms with Crippen LogP contribution in [0.4, 0.5) is 0 Å². The van der Waals surface area contributed by atoms with E-state index in [4.69, 9.17) is 9.47 Å². The summed E-state index contributed by atoms with van der Waals surface area (Å²) in [6.45, 7) is 3.19. The fourth-order valence-electron chi connectivity index (χ4n) is 2.54. The molecule has 2 heterocycles. The maximum atomic E-state index is 11.9. The summed E-state index contributed by atoms with van der Waals surface area (Å²) in [5.41, 5.74) is 3.06. The van der Waals surface area contributed by atoms with Crippen LogP contribution in [0.2, 0.25) is 0 Å². The van der Waals surface area contributed by atoms with E-state index in [0.717, 1.165) is 42.1 Å². The van der Waals surface area contributed by atoms with E-state index in [-0.39, 0.29) is 18.5 Å². The molecule has 0 bridgehead atoms. The molecule has 0 spiro atoms. The van der Waals surface area contributed by atoms with Gasteiger partial charge in [-0.25, -0.2) is 4.98 Å². The van der Waals surface area contributed by atoms with Crippen molar-refractivity contribution in [3.05, 3.63) is 40.9 Å². The topological polar surface area (TPSA) is 48.4 Å². The summed E-state index contributed by atoms with van der Waals surface area (Å²) in [6.07, 6.45) is 3.50. The molecule has 1 fully saturated rings. The summed E-state index contributed by atoms with van der Waals surface area (Å²) in [5, 5.41) is 2.86. The van der Waals surface area contributed by atoms with Crippen molar-refractivity contribution >= 4 is 17.3 Å². The number of aryl methyl sites for hydroxylation is 1. The van der Waals surface area contributed by atoms with Crippen LogP contribution in [0, 0.1) is 6.92 Å². The zero-order valence-corrected chi connectivity index (χ0v) is 14.1. The van der Waals surface area contributed by atoms with Gasteiger partial charge in [-0.05, 0) is 26.2 Å². The molecule has 2 aromatic rings. The Hall–Kier alpha value is -1.72.